The Morgan fingerprint density at radius 1 is 0.897 bits per heavy atom. The molecule has 0 radical (unpaired) electrons. The molecule has 0 spiro atoms. The number of morpholine rings is 1. The highest BCUT2D eigenvalue weighted by atomic mass is 32.2. The number of ether oxygens (including phenoxy) is 1. The summed E-state index contributed by atoms with van der Waals surface area (Å²) in [4.78, 5) is 31.7. The number of hydrogen-bond acceptors (Lipinski definition) is 5. The number of anilines is 1. The molecule has 2 heterocycles. The molecule has 4 rings (SSSR count). The molecule has 0 aliphatic carbocycles. The van der Waals surface area contributed by atoms with Crippen molar-refractivity contribution in [2.24, 2.45) is 0 Å². The highest BCUT2D eigenvalue weighted by molar-refractivity contribution is 8.04. The van der Waals surface area contributed by atoms with E-state index in [1.807, 2.05) is 68.1 Å². The Bertz CT molecular complexity index is 992. The maximum Gasteiger partial charge on any atom is 0.283 e. The summed E-state index contributed by atoms with van der Waals surface area (Å²) >= 11 is 1.37. The fourth-order valence-electron chi connectivity index (χ4n) is 3.58. The second kappa shape index (κ2) is 8.05. The van der Waals surface area contributed by atoms with Crippen LogP contribution in [0.3, 0.4) is 0 Å². The average molecular weight is 409 g/mol. The van der Waals surface area contributed by atoms with Crippen molar-refractivity contribution in [2.75, 3.05) is 31.2 Å². The monoisotopic (exact) mass is 408 g/mol. The first-order valence-corrected chi connectivity index (χ1v) is 10.6. The predicted molar refractivity (Wildman–Crippen MR) is 115 cm³/mol. The molecule has 2 aromatic rings. The van der Waals surface area contributed by atoms with Crippen molar-refractivity contribution in [3.63, 3.8) is 0 Å². The SMILES string of the molecule is Cc1ccc(SC2=C(N3CCOCC3)C(=O)N(c3cccc(C)c3C)C2=O)cc1. The van der Waals surface area contributed by atoms with E-state index >= 15 is 0 Å². The molecule has 0 bridgehead atoms. The molecule has 0 N–H and O–H groups in total. The normalized spacial score (nSPS) is 17.5. The Kier molecular flexibility index (Phi) is 5.48. The molecular formula is C23H24N2O3S. The Morgan fingerprint density at radius 3 is 2.28 bits per heavy atom. The topological polar surface area (TPSA) is 49.9 Å². The van der Waals surface area contributed by atoms with Gasteiger partial charge in [0.25, 0.3) is 11.8 Å². The van der Waals surface area contributed by atoms with Crippen LogP contribution in [0.25, 0.3) is 0 Å². The minimum Gasteiger partial charge on any atom is -0.378 e. The minimum absolute atomic E-state index is 0.250. The average Bonchev–Trinajstić information content (AvgIpc) is 2.96. The van der Waals surface area contributed by atoms with Crippen LogP contribution in [0.15, 0.2) is 58.0 Å². The van der Waals surface area contributed by atoms with Crippen molar-refractivity contribution in [1.82, 2.24) is 4.90 Å². The van der Waals surface area contributed by atoms with Gasteiger partial charge in [0.1, 0.15) is 10.6 Å². The van der Waals surface area contributed by atoms with Crippen LogP contribution in [0, 0.1) is 20.8 Å². The lowest BCUT2D eigenvalue weighted by molar-refractivity contribution is -0.121. The number of carbonyl (C=O) groups is 2. The third kappa shape index (κ3) is 3.70. The standard InChI is InChI=1S/C23H24N2O3S/c1-15-7-9-18(10-8-15)29-21-20(24-11-13-28-14-12-24)22(26)25(23(21)27)19-6-4-5-16(2)17(19)3/h4-10H,11-14H2,1-3H3. The first-order chi connectivity index (χ1) is 14.0. The third-order valence-electron chi connectivity index (χ3n) is 5.40. The van der Waals surface area contributed by atoms with E-state index < -0.39 is 0 Å². The number of rotatable bonds is 4. The molecule has 0 unspecified atom stereocenters. The number of carbonyl (C=O) groups excluding carboxylic acids is 2. The Balaban J connectivity index is 1.76. The van der Waals surface area contributed by atoms with Gasteiger partial charge < -0.3 is 9.64 Å². The zero-order chi connectivity index (χ0) is 20.5. The Labute approximate surface area is 175 Å². The number of nitrogens with zero attached hydrogens (tertiary/aromatic N) is 2. The van der Waals surface area contributed by atoms with Gasteiger partial charge in [-0.25, -0.2) is 4.90 Å². The van der Waals surface area contributed by atoms with Crippen molar-refractivity contribution >= 4 is 29.3 Å². The fourth-order valence-corrected chi connectivity index (χ4v) is 4.58. The summed E-state index contributed by atoms with van der Waals surface area (Å²) in [5, 5.41) is 0. The maximum atomic E-state index is 13.5. The van der Waals surface area contributed by atoms with Gasteiger partial charge in [-0.05, 0) is 50.1 Å². The first-order valence-electron chi connectivity index (χ1n) is 9.74. The summed E-state index contributed by atoms with van der Waals surface area (Å²) in [6.45, 7) is 8.28. The van der Waals surface area contributed by atoms with E-state index in [1.54, 1.807) is 0 Å². The Morgan fingerprint density at radius 2 is 1.59 bits per heavy atom. The van der Waals surface area contributed by atoms with Gasteiger partial charge in [0.05, 0.1) is 18.9 Å². The quantitative estimate of drug-likeness (QED) is 0.720. The molecule has 0 saturated carbocycles. The second-order valence-electron chi connectivity index (χ2n) is 7.36. The van der Waals surface area contributed by atoms with Gasteiger partial charge in [0, 0.05) is 18.0 Å². The van der Waals surface area contributed by atoms with E-state index in [-0.39, 0.29) is 11.8 Å². The molecule has 29 heavy (non-hydrogen) atoms. The van der Waals surface area contributed by atoms with E-state index in [2.05, 4.69) is 0 Å². The van der Waals surface area contributed by atoms with Gasteiger partial charge in [-0.1, -0.05) is 41.6 Å². The van der Waals surface area contributed by atoms with Gasteiger partial charge in [-0.2, -0.15) is 0 Å². The molecule has 150 valence electrons. The van der Waals surface area contributed by atoms with Crippen LogP contribution in [0.5, 0.6) is 0 Å². The number of amides is 2. The third-order valence-corrected chi connectivity index (χ3v) is 6.48. The van der Waals surface area contributed by atoms with Crippen molar-refractivity contribution in [3.05, 3.63) is 69.8 Å². The fraction of sp³-hybridized carbons (Fsp3) is 0.304. The largest absolute Gasteiger partial charge is 0.378 e. The number of hydrogen-bond donors (Lipinski definition) is 0. The molecule has 2 aliphatic heterocycles. The zero-order valence-corrected chi connectivity index (χ0v) is 17.7. The van der Waals surface area contributed by atoms with Crippen LogP contribution in [-0.2, 0) is 14.3 Å². The number of benzene rings is 2. The molecule has 0 atom stereocenters. The summed E-state index contributed by atoms with van der Waals surface area (Å²) in [5.41, 5.74) is 4.30. The van der Waals surface area contributed by atoms with Crippen LogP contribution in [0.4, 0.5) is 5.69 Å². The van der Waals surface area contributed by atoms with E-state index in [4.69, 9.17) is 4.74 Å². The smallest absolute Gasteiger partial charge is 0.283 e. The van der Waals surface area contributed by atoms with Crippen molar-refractivity contribution in [3.8, 4) is 0 Å². The Hall–Kier alpha value is -2.57. The highest BCUT2D eigenvalue weighted by Gasteiger charge is 2.43. The van der Waals surface area contributed by atoms with Crippen molar-refractivity contribution in [2.45, 2.75) is 25.7 Å². The van der Waals surface area contributed by atoms with Crippen LogP contribution in [-0.4, -0.2) is 43.0 Å². The molecule has 2 aliphatic rings. The molecule has 0 aromatic heterocycles. The zero-order valence-electron chi connectivity index (χ0n) is 16.9. The van der Waals surface area contributed by atoms with E-state index in [0.29, 0.717) is 42.6 Å². The molecule has 2 aromatic carbocycles. The van der Waals surface area contributed by atoms with E-state index in [9.17, 15) is 9.59 Å². The molecule has 5 nitrogen and oxygen atoms in total. The summed E-state index contributed by atoms with van der Waals surface area (Å²) in [6.07, 6.45) is 0. The predicted octanol–water partition coefficient (Wildman–Crippen LogP) is 3.82. The van der Waals surface area contributed by atoms with Crippen molar-refractivity contribution < 1.29 is 14.3 Å². The van der Waals surface area contributed by atoms with Gasteiger partial charge in [0.2, 0.25) is 0 Å². The summed E-state index contributed by atoms with van der Waals surface area (Å²) < 4.78 is 5.45. The van der Waals surface area contributed by atoms with Gasteiger partial charge in [-0.15, -0.1) is 0 Å². The molecular weight excluding hydrogens is 384 g/mol. The number of thioether (sulfide) groups is 1. The van der Waals surface area contributed by atoms with Crippen LogP contribution in [0.1, 0.15) is 16.7 Å². The molecule has 1 saturated heterocycles. The van der Waals surface area contributed by atoms with Crippen LogP contribution < -0.4 is 4.90 Å². The van der Waals surface area contributed by atoms with Crippen LogP contribution >= 0.6 is 11.8 Å². The summed E-state index contributed by atoms with van der Waals surface area (Å²) in [5.74, 6) is -0.504. The minimum atomic E-state index is -0.254. The van der Waals surface area contributed by atoms with Gasteiger partial charge in [0.15, 0.2) is 0 Å². The van der Waals surface area contributed by atoms with Gasteiger partial charge in [-0.3, -0.25) is 9.59 Å². The van der Waals surface area contributed by atoms with E-state index in [0.717, 1.165) is 21.6 Å². The summed E-state index contributed by atoms with van der Waals surface area (Å²) in [7, 11) is 0. The maximum absolute atomic E-state index is 13.5. The van der Waals surface area contributed by atoms with Gasteiger partial charge >= 0.3 is 0 Å². The molecule has 1 fully saturated rings. The number of aryl methyl sites for hydroxylation is 2. The highest BCUT2D eigenvalue weighted by Crippen LogP contribution is 2.40. The van der Waals surface area contributed by atoms with E-state index in [1.165, 1.54) is 16.7 Å². The first kappa shape index (κ1) is 19.7. The lowest BCUT2D eigenvalue weighted by Gasteiger charge is -2.29. The molecule has 2 amide bonds. The lowest BCUT2D eigenvalue weighted by atomic mass is 10.1. The van der Waals surface area contributed by atoms with Crippen molar-refractivity contribution in [1.29, 1.82) is 0 Å². The second-order valence-corrected chi connectivity index (χ2v) is 8.44. The lowest BCUT2D eigenvalue weighted by Crippen LogP contribution is -2.40. The van der Waals surface area contributed by atoms with Crippen LogP contribution in [0.2, 0.25) is 0 Å². The summed E-state index contributed by atoms with van der Waals surface area (Å²) in [6, 6.07) is 13.7. The number of imide groups is 1. The molecule has 6 heteroatoms.